The fourth-order valence-corrected chi connectivity index (χ4v) is 3.40. The summed E-state index contributed by atoms with van der Waals surface area (Å²) in [5, 5.41) is 5.20. The third kappa shape index (κ3) is 3.13. The Morgan fingerprint density at radius 2 is 1.96 bits per heavy atom. The summed E-state index contributed by atoms with van der Waals surface area (Å²) < 4.78 is 6.25. The summed E-state index contributed by atoms with van der Waals surface area (Å²) in [7, 11) is 0. The lowest BCUT2D eigenvalue weighted by atomic mass is 9.98. The van der Waals surface area contributed by atoms with E-state index in [0.29, 0.717) is 6.42 Å². The van der Waals surface area contributed by atoms with Crippen LogP contribution in [0.25, 0.3) is 22.2 Å². The number of nitrogens with zero attached hydrogens (tertiary/aromatic N) is 3. The van der Waals surface area contributed by atoms with Gasteiger partial charge in [0.1, 0.15) is 10.3 Å². The van der Waals surface area contributed by atoms with Crippen LogP contribution in [0.3, 0.4) is 0 Å². The van der Waals surface area contributed by atoms with Gasteiger partial charge in [-0.15, -0.1) is 0 Å². The lowest BCUT2D eigenvalue weighted by molar-refractivity contribution is 0.459. The maximum Gasteiger partial charge on any atom is 0.167 e. The van der Waals surface area contributed by atoms with Crippen LogP contribution < -0.4 is 5.73 Å². The molecule has 0 spiro atoms. The molecule has 0 bridgehead atoms. The highest BCUT2D eigenvalue weighted by molar-refractivity contribution is 9.10. The van der Waals surface area contributed by atoms with Crippen molar-refractivity contribution in [1.29, 1.82) is 0 Å². The lowest BCUT2D eigenvalue weighted by Gasteiger charge is -2.15. The highest BCUT2D eigenvalue weighted by Gasteiger charge is 2.20. The molecular weight excluding hydrogens is 392 g/mol. The molecule has 6 heteroatoms. The molecule has 0 fully saturated rings. The average molecular weight is 409 g/mol. The van der Waals surface area contributed by atoms with Gasteiger partial charge in [0.25, 0.3) is 0 Å². The fraction of sp³-hybridized carbons (Fsp3) is 0.150. The molecule has 5 nitrogen and oxygen atoms in total. The van der Waals surface area contributed by atoms with E-state index < -0.39 is 0 Å². The van der Waals surface area contributed by atoms with Gasteiger partial charge in [-0.1, -0.05) is 23.4 Å². The number of para-hydroxylation sites is 1. The molecule has 0 aliphatic carbocycles. The Kier molecular flexibility index (Phi) is 4.53. The SMILES string of the molecule is Cc1ccc(Br)nc1C[C@H](N)c1ncccc1-c1noc2ccccc12. The van der Waals surface area contributed by atoms with Gasteiger partial charge < -0.3 is 10.3 Å². The van der Waals surface area contributed by atoms with Gasteiger partial charge in [0.2, 0.25) is 0 Å². The molecule has 0 aliphatic rings. The zero-order chi connectivity index (χ0) is 18.1. The van der Waals surface area contributed by atoms with E-state index in [9.17, 15) is 0 Å². The van der Waals surface area contributed by atoms with Crippen molar-refractivity contribution in [2.45, 2.75) is 19.4 Å². The van der Waals surface area contributed by atoms with Crippen LogP contribution in [-0.4, -0.2) is 15.1 Å². The molecule has 1 aromatic carbocycles. The van der Waals surface area contributed by atoms with Gasteiger partial charge in [0.05, 0.1) is 11.7 Å². The highest BCUT2D eigenvalue weighted by Crippen LogP contribution is 2.32. The second-order valence-electron chi connectivity index (χ2n) is 6.17. The van der Waals surface area contributed by atoms with Gasteiger partial charge >= 0.3 is 0 Å². The molecule has 26 heavy (non-hydrogen) atoms. The Morgan fingerprint density at radius 1 is 1.12 bits per heavy atom. The van der Waals surface area contributed by atoms with E-state index in [1.165, 1.54) is 0 Å². The molecule has 0 amide bonds. The number of nitrogens with two attached hydrogens (primary N) is 1. The van der Waals surface area contributed by atoms with Crippen molar-refractivity contribution in [3.8, 4) is 11.3 Å². The van der Waals surface area contributed by atoms with Crippen molar-refractivity contribution in [2.75, 3.05) is 0 Å². The second kappa shape index (κ2) is 6.97. The van der Waals surface area contributed by atoms with Crippen molar-refractivity contribution in [3.05, 3.63) is 76.3 Å². The molecule has 1 atom stereocenters. The summed E-state index contributed by atoms with van der Waals surface area (Å²) in [6, 6.07) is 15.3. The molecule has 0 radical (unpaired) electrons. The van der Waals surface area contributed by atoms with E-state index >= 15 is 0 Å². The summed E-state index contributed by atoms with van der Waals surface area (Å²) >= 11 is 3.43. The molecule has 0 unspecified atom stereocenters. The third-order valence-corrected chi connectivity index (χ3v) is 4.85. The number of pyridine rings is 2. The quantitative estimate of drug-likeness (QED) is 0.499. The molecule has 130 valence electrons. The number of benzene rings is 1. The minimum absolute atomic E-state index is 0.304. The van der Waals surface area contributed by atoms with Crippen molar-refractivity contribution in [1.82, 2.24) is 15.1 Å². The van der Waals surface area contributed by atoms with Gasteiger partial charge in [-0.05, 0) is 58.7 Å². The van der Waals surface area contributed by atoms with Crippen LogP contribution >= 0.6 is 15.9 Å². The smallest absolute Gasteiger partial charge is 0.167 e. The minimum atomic E-state index is -0.304. The molecule has 2 N–H and O–H groups in total. The molecule has 0 aliphatic heterocycles. The van der Waals surface area contributed by atoms with Crippen molar-refractivity contribution in [2.24, 2.45) is 5.73 Å². The minimum Gasteiger partial charge on any atom is -0.356 e. The summed E-state index contributed by atoms with van der Waals surface area (Å²) in [6.45, 7) is 2.03. The Labute approximate surface area is 159 Å². The molecule has 4 rings (SSSR count). The van der Waals surface area contributed by atoms with Crippen LogP contribution in [0, 0.1) is 6.92 Å². The highest BCUT2D eigenvalue weighted by atomic mass is 79.9. The Morgan fingerprint density at radius 3 is 2.85 bits per heavy atom. The monoisotopic (exact) mass is 408 g/mol. The number of rotatable bonds is 4. The molecule has 3 aromatic heterocycles. The largest absolute Gasteiger partial charge is 0.356 e. The first-order valence-electron chi connectivity index (χ1n) is 8.31. The van der Waals surface area contributed by atoms with E-state index in [2.05, 4.69) is 31.1 Å². The van der Waals surface area contributed by atoms with Crippen LogP contribution in [0.15, 0.2) is 63.9 Å². The topological polar surface area (TPSA) is 77.8 Å². The van der Waals surface area contributed by atoms with Crippen LogP contribution in [0.4, 0.5) is 0 Å². The third-order valence-electron chi connectivity index (χ3n) is 4.40. The Bertz CT molecular complexity index is 1080. The maximum absolute atomic E-state index is 6.52. The van der Waals surface area contributed by atoms with Crippen LogP contribution in [0.5, 0.6) is 0 Å². The average Bonchev–Trinajstić information content (AvgIpc) is 3.08. The lowest BCUT2D eigenvalue weighted by Crippen LogP contribution is -2.17. The van der Waals surface area contributed by atoms with E-state index in [4.69, 9.17) is 10.3 Å². The summed E-state index contributed by atoms with van der Waals surface area (Å²) in [4.78, 5) is 9.10. The van der Waals surface area contributed by atoms with Crippen LogP contribution in [-0.2, 0) is 6.42 Å². The van der Waals surface area contributed by atoms with E-state index in [1.54, 1.807) is 6.20 Å². The zero-order valence-corrected chi connectivity index (χ0v) is 15.8. The number of aryl methyl sites for hydroxylation is 1. The molecule has 0 saturated carbocycles. The molecule has 0 saturated heterocycles. The van der Waals surface area contributed by atoms with Crippen molar-refractivity contribution >= 4 is 26.9 Å². The number of hydrogen-bond acceptors (Lipinski definition) is 5. The summed E-state index contributed by atoms with van der Waals surface area (Å²) in [5.74, 6) is 0. The molecule has 4 aromatic rings. The Balaban J connectivity index is 1.75. The van der Waals surface area contributed by atoms with Gasteiger partial charge in [-0.25, -0.2) is 4.98 Å². The standard InChI is InChI=1S/C20H17BrN4O/c1-12-8-9-18(21)24-16(12)11-15(22)20-14(6-4-10-23-20)19-13-5-2-3-7-17(13)26-25-19/h2-10,15H,11,22H2,1H3/t15-/m0/s1. The predicted molar refractivity (Wildman–Crippen MR) is 105 cm³/mol. The summed E-state index contributed by atoms with van der Waals surface area (Å²) in [6.07, 6.45) is 2.34. The number of fused-ring (bicyclic) bond motifs is 1. The van der Waals surface area contributed by atoms with Crippen LogP contribution in [0.2, 0.25) is 0 Å². The number of halogens is 1. The van der Waals surface area contributed by atoms with Crippen molar-refractivity contribution < 1.29 is 4.52 Å². The molecule has 3 heterocycles. The predicted octanol–water partition coefficient (Wildman–Crippen LogP) is 4.60. The van der Waals surface area contributed by atoms with Crippen LogP contribution in [0.1, 0.15) is 23.0 Å². The van der Waals surface area contributed by atoms with Crippen molar-refractivity contribution in [3.63, 3.8) is 0 Å². The van der Waals surface area contributed by atoms with Gasteiger partial charge in [0.15, 0.2) is 5.58 Å². The Hall–Kier alpha value is -2.57. The fourth-order valence-electron chi connectivity index (χ4n) is 3.05. The second-order valence-corrected chi connectivity index (χ2v) is 6.98. The first-order chi connectivity index (χ1) is 12.6. The zero-order valence-electron chi connectivity index (χ0n) is 14.2. The van der Waals surface area contributed by atoms with Gasteiger partial charge in [0, 0.05) is 29.3 Å². The maximum atomic E-state index is 6.52. The first kappa shape index (κ1) is 16.9. The normalized spacial score (nSPS) is 12.4. The number of hydrogen-bond donors (Lipinski definition) is 1. The molecular formula is C20H17BrN4O. The van der Waals surface area contributed by atoms with E-state index in [-0.39, 0.29) is 6.04 Å². The number of aromatic nitrogens is 3. The van der Waals surface area contributed by atoms with E-state index in [1.807, 2.05) is 55.5 Å². The van der Waals surface area contributed by atoms with Gasteiger partial charge in [-0.3, -0.25) is 4.98 Å². The summed E-state index contributed by atoms with van der Waals surface area (Å²) in [5.41, 5.74) is 11.8. The first-order valence-corrected chi connectivity index (χ1v) is 9.10. The van der Waals surface area contributed by atoms with Gasteiger partial charge in [-0.2, -0.15) is 0 Å². The van der Waals surface area contributed by atoms with E-state index in [0.717, 1.165) is 43.8 Å².